The molecule has 1 rings (SSSR count). The van der Waals surface area contributed by atoms with Gasteiger partial charge in [0.05, 0.1) is 6.10 Å². The lowest BCUT2D eigenvalue weighted by Crippen LogP contribution is -2.33. The van der Waals surface area contributed by atoms with Gasteiger partial charge in [-0.05, 0) is 36.9 Å². The Morgan fingerprint density at radius 1 is 1.50 bits per heavy atom. The summed E-state index contributed by atoms with van der Waals surface area (Å²) in [5.41, 5.74) is 0.840. The van der Waals surface area contributed by atoms with E-state index in [-0.39, 0.29) is 23.4 Å². The summed E-state index contributed by atoms with van der Waals surface area (Å²) in [6.07, 6.45) is 0.0940. The number of amides is 1. The predicted octanol–water partition coefficient (Wildman–Crippen LogP) is 1.58. The zero-order chi connectivity index (χ0) is 13.7. The predicted molar refractivity (Wildman–Crippen MR) is 69.6 cm³/mol. The van der Waals surface area contributed by atoms with Crippen molar-refractivity contribution < 1.29 is 9.90 Å². The first-order valence-corrected chi connectivity index (χ1v) is 6.23. The molecule has 0 saturated carbocycles. The van der Waals surface area contributed by atoms with E-state index < -0.39 is 6.10 Å². The van der Waals surface area contributed by atoms with Crippen LogP contribution >= 0.6 is 11.6 Å². The SMILES string of the molecule is Cc1cc(C(=O)NCC(O)CC(C)C)nc(Cl)n1. The van der Waals surface area contributed by atoms with Crippen LogP contribution in [-0.2, 0) is 0 Å². The Balaban J connectivity index is 2.55. The second-order valence-corrected chi connectivity index (χ2v) is 5.00. The van der Waals surface area contributed by atoms with E-state index in [1.807, 2.05) is 13.8 Å². The smallest absolute Gasteiger partial charge is 0.270 e. The minimum atomic E-state index is -0.549. The molecule has 0 aliphatic heterocycles. The lowest BCUT2D eigenvalue weighted by molar-refractivity contribution is 0.0895. The van der Waals surface area contributed by atoms with Crippen LogP contribution in [0.5, 0.6) is 0 Å². The largest absolute Gasteiger partial charge is 0.391 e. The average molecular weight is 272 g/mol. The highest BCUT2D eigenvalue weighted by Gasteiger charge is 2.12. The number of aryl methyl sites for hydroxylation is 1. The van der Waals surface area contributed by atoms with E-state index in [4.69, 9.17) is 11.6 Å². The summed E-state index contributed by atoms with van der Waals surface area (Å²) in [6, 6.07) is 1.55. The molecule has 0 bridgehead atoms. The number of nitrogens with zero attached hydrogens (tertiary/aromatic N) is 2. The topological polar surface area (TPSA) is 75.1 Å². The van der Waals surface area contributed by atoms with Crippen molar-refractivity contribution in [2.45, 2.75) is 33.3 Å². The van der Waals surface area contributed by atoms with Crippen molar-refractivity contribution in [2.24, 2.45) is 5.92 Å². The molecular weight excluding hydrogens is 254 g/mol. The minimum Gasteiger partial charge on any atom is -0.391 e. The molecular formula is C12H18ClN3O2. The van der Waals surface area contributed by atoms with Crippen molar-refractivity contribution in [3.05, 3.63) is 22.7 Å². The summed E-state index contributed by atoms with van der Waals surface area (Å²) in [5, 5.41) is 12.3. The monoisotopic (exact) mass is 271 g/mol. The maximum Gasteiger partial charge on any atom is 0.270 e. The number of aromatic nitrogens is 2. The second-order valence-electron chi connectivity index (χ2n) is 4.66. The maximum atomic E-state index is 11.8. The van der Waals surface area contributed by atoms with E-state index in [1.54, 1.807) is 13.0 Å². The van der Waals surface area contributed by atoms with Crippen molar-refractivity contribution in [2.75, 3.05) is 6.54 Å². The van der Waals surface area contributed by atoms with E-state index in [9.17, 15) is 9.90 Å². The highest BCUT2D eigenvalue weighted by Crippen LogP contribution is 2.06. The molecule has 1 unspecified atom stereocenters. The van der Waals surface area contributed by atoms with E-state index in [0.717, 1.165) is 0 Å². The van der Waals surface area contributed by atoms with Gasteiger partial charge < -0.3 is 10.4 Å². The van der Waals surface area contributed by atoms with Gasteiger partial charge in [0, 0.05) is 12.2 Å². The molecule has 1 heterocycles. The molecule has 1 aromatic heterocycles. The third-order valence-corrected chi connectivity index (χ3v) is 2.47. The van der Waals surface area contributed by atoms with Crippen LogP contribution in [0.1, 0.15) is 36.5 Å². The summed E-state index contributed by atoms with van der Waals surface area (Å²) >= 11 is 5.67. The normalized spacial score (nSPS) is 12.6. The van der Waals surface area contributed by atoms with Crippen LogP contribution in [0.4, 0.5) is 0 Å². The molecule has 0 aliphatic rings. The molecule has 0 radical (unpaired) electrons. The first-order chi connectivity index (χ1) is 8.38. The summed E-state index contributed by atoms with van der Waals surface area (Å²) < 4.78 is 0. The van der Waals surface area contributed by atoms with Gasteiger partial charge in [-0.15, -0.1) is 0 Å². The summed E-state index contributed by atoms with van der Waals surface area (Å²) in [4.78, 5) is 19.5. The van der Waals surface area contributed by atoms with Gasteiger partial charge in [-0.1, -0.05) is 13.8 Å². The lowest BCUT2D eigenvalue weighted by Gasteiger charge is -2.13. The second kappa shape index (κ2) is 6.66. The Hall–Kier alpha value is -1.20. The third-order valence-electron chi connectivity index (χ3n) is 2.30. The number of rotatable bonds is 5. The van der Waals surface area contributed by atoms with Crippen LogP contribution in [0.3, 0.4) is 0 Å². The van der Waals surface area contributed by atoms with E-state index in [1.165, 1.54) is 0 Å². The molecule has 1 aromatic rings. The fourth-order valence-electron chi connectivity index (χ4n) is 1.58. The number of hydrogen-bond acceptors (Lipinski definition) is 4. The molecule has 0 spiro atoms. The van der Waals surface area contributed by atoms with Crippen molar-refractivity contribution in [1.82, 2.24) is 15.3 Å². The van der Waals surface area contributed by atoms with Gasteiger partial charge >= 0.3 is 0 Å². The Bertz CT molecular complexity index is 404. The molecule has 6 heteroatoms. The highest BCUT2D eigenvalue weighted by molar-refractivity contribution is 6.28. The van der Waals surface area contributed by atoms with Crippen LogP contribution in [0.25, 0.3) is 0 Å². The number of halogens is 1. The van der Waals surface area contributed by atoms with E-state index in [0.29, 0.717) is 18.0 Å². The number of aliphatic hydroxyl groups is 1. The number of aliphatic hydroxyl groups excluding tert-OH is 1. The van der Waals surface area contributed by atoms with Gasteiger partial charge in [0.1, 0.15) is 5.69 Å². The Morgan fingerprint density at radius 2 is 2.17 bits per heavy atom. The molecule has 5 nitrogen and oxygen atoms in total. The molecule has 1 amide bonds. The van der Waals surface area contributed by atoms with Crippen molar-refractivity contribution in [3.8, 4) is 0 Å². The minimum absolute atomic E-state index is 0.0443. The number of hydrogen-bond donors (Lipinski definition) is 2. The maximum absolute atomic E-state index is 11.8. The van der Waals surface area contributed by atoms with Gasteiger partial charge in [-0.2, -0.15) is 0 Å². The Morgan fingerprint density at radius 3 is 2.72 bits per heavy atom. The quantitative estimate of drug-likeness (QED) is 0.797. The molecule has 0 saturated heterocycles. The fraction of sp³-hybridized carbons (Fsp3) is 0.583. The molecule has 0 aliphatic carbocycles. The molecule has 18 heavy (non-hydrogen) atoms. The standard InChI is InChI=1S/C12H18ClN3O2/c1-7(2)4-9(17)6-14-11(18)10-5-8(3)15-12(13)16-10/h5,7,9,17H,4,6H2,1-3H3,(H,14,18). The van der Waals surface area contributed by atoms with Crippen molar-refractivity contribution in [3.63, 3.8) is 0 Å². The molecule has 100 valence electrons. The third kappa shape index (κ3) is 4.98. The van der Waals surface area contributed by atoms with Gasteiger partial charge in [-0.25, -0.2) is 9.97 Å². The highest BCUT2D eigenvalue weighted by atomic mass is 35.5. The van der Waals surface area contributed by atoms with Crippen LogP contribution in [0.15, 0.2) is 6.07 Å². The van der Waals surface area contributed by atoms with Crippen molar-refractivity contribution in [1.29, 1.82) is 0 Å². The molecule has 2 N–H and O–H groups in total. The molecule has 1 atom stereocenters. The summed E-state index contributed by atoms with van der Waals surface area (Å²) in [5.74, 6) is 0.0258. The summed E-state index contributed by atoms with van der Waals surface area (Å²) in [6.45, 7) is 5.97. The van der Waals surface area contributed by atoms with E-state index in [2.05, 4.69) is 15.3 Å². The van der Waals surface area contributed by atoms with Gasteiger partial charge in [0.2, 0.25) is 5.28 Å². The van der Waals surface area contributed by atoms with Gasteiger partial charge in [-0.3, -0.25) is 4.79 Å². The zero-order valence-corrected chi connectivity index (χ0v) is 11.5. The van der Waals surface area contributed by atoms with Gasteiger partial charge in [0.15, 0.2) is 0 Å². The Labute approximate surface area is 112 Å². The van der Waals surface area contributed by atoms with Crippen LogP contribution < -0.4 is 5.32 Å². The fourth-order valence-corrected chi connectivity index (χ4v) is 1.80. The van der Waals surface area contributed by atoms with E-state index >= 15 is 0 Å². The average Bonchev–Trinajstić information content (AvgIpc) is 2.23. The van der Waals surface area contributed by atoms with Crippen molar-refractivity contribution >= 4 is 17.5 Å². The number of carbonyl (C=O) groups excluding carboxylic acids is 1. The number of nitrogens with one attached hydrogen (secondary N) is 1. The Kier molecular flexibility index (Phi) is 5.50. The molecule has 0 aromatic carbocycles. The van der Waals surface area contributed by atoms with Crippen LogP contribution in [-0.4, -0.2) is 33.6 Å². The summed E-state index contributed by atoms with van der Waals surface area (Å²) in [7, 11) is 0. The number of carbonyl (C=O) groups is 1. The first kappa shape index (κ1) is 14.9. The van der Waals surface area contributed by atoms with Crippen LogP contribution in [0, 0.1) is 12.8 Å². The molecule has 0 fully saturated rings. The van der Waals surface area contributed by atoms with Gasteiger partial charge in [0.25, 0.3) is 5.91 Å². The lowest BCUT2D eigenvalue weighted by atomic mass is 10.1. The van der Waals surface area contributed by atoms with Crippen LogP contribution in [0.2, 0.25) is 5.28 Å². The zero-order valence-electron chi connectivity index (χ0n) is 10.8. The first-order valence-electron chi connectivity index (χ1n) is 5.86.